The number of hydrogen-bond acceptors (Lipinski definition) is 5. The molecule has 178 valence electrons. The molecule has 1 fully saturated rings. The van der Waals surface area contributed by atoms with Crippen LogP contribution in [0.3, 0.4) is 0 Å². The lowest BCUT2D eigenvalue weighted by Gasteiger charge is -2.32. The lowest BCUT2D eigenvalue weighted by molar-refractivity contribution is -0.137. The van der Waals surface area contributed by atoms with Gasteiger partial charge in [0.15, 0.2) is 6.61 Å². The van der Waals surface area contributed by atoms with Crippen molar-refractivity contribution in [1.29, 1.82) is 0 Å². The number of halogens is 4. The van der Waals surface area contributed by atoms with E-state index >= 15 is 0 Å². The van der Waals surface area contributed by atoms with Crippen molar-refractivity contribution in [2.24, 2.45) is 5.92 Å². The van der Waals surface area contributed by atoms with Crippen molar-refractivity contribution in [2.75, 3.05) is 24.6 Å². The van der Waals surface area contributed by atoms with Crippen LogP contribution in [0.15, 0.2) is 30.5 Å². The number of aryl methyl sites for hydroxylation is 2. The summed E-state index contributed by atoms with van der Waals surface area (Å²) >= 11 is 6.00. The van der Waals surface area contributed by atoms with Crippen LogP contribution in [0.4, 0.5) is 19.0 Å². The second kappa shape index (κ2) is 10.3. The molecule has 2 aromatic rings. The number of pyridine rings is 1. The zero-order chi connectivity index (χ0) is 24.2. The first-order valence-corrected chi connectivity index (χ1v) is 10.7. The molecule has 2 N–H and O–H groups in total. The van der Waals surface area contributed by atoms with Gasteiger partial charge in [-0.3, -0.25) is 20.4 Å². The van der Waals surface area contributed by atoms with Crippen molar-refractivity contribution in [3.05, 3.63) is 52.2 Å². The Morgan fingerprint density at radius 1 is 1.15 bits per heavy atom. The van der Waals surface area contributed by atoms with Crippen LogP contribution in [0.1, 0.15) is 29.5 Å². The zero-order valence-electron chi connectivity index (χ0n) is 18.1. The third-order valence-electron chi connectivity index (χ3n) is 5.49. The summed E-state index contributed by atoms with van der Waals surface area (Å²) in [5, 5.41) is -0.0937. The highest BCUT2D eigenvalue weighted by atomic mass is 35.5. The molecule has 1 aliphatic heterocycles. The summed E-state index contributed by atoms with van der Waals surface area (Å²) in [7, 11) is 0. The van der Waals surface area contributed by atoms with Crippen LogP contribution in [0.2, 0.25) is 5.02 Å². The third kappa shape index (κ3) is 6.50. The standard InChI is InChI=1S/C22H24ClF3N4O3/c1-13-3-4-17(9-14(13)2)33-12-19(31)28-29-21(32)15-5-7-30(8-6-15)20-18(23)10-16(11-27-20)22(24,25)26/h3-4,9-11,15H,5-8,12H2,1-2H3,(H,28,31)(H,29,32). The zero-order valence-corrected chi connectivity index (χ0v) is 18.9. The first-order chi connectivity index (χ1) is 15.5. The molecule has 2 amide bonds. The van der Waals surface area contributed by atoms with Crippen molar-refractivity contribution < 1.29 is 27.5 Å². The van der Waals surface area contributed by atoms with Crippen LogP contribution < -0.4 is 20.5 Å². The molecule has 0 unspecified atom stereocenters. The van der Waals surface area contributed by atoms with Crippen LogP contribution in [0, 0.1) is 19.8 Å². The highest BCUT2D eigenvalue weighted by molar-refractivity contribution is 6.33. The molecule has 7 nitrogen and oxygen atoms in total. The van der Waals surface area contributed by atoms with E-state index in [1.807, 2.05) is 26.0 Å². The van der Waals surface area contributed by atoms with Gasteiger partial charge in [-0.25, -0.2) is 4.98 Å². The van der Waals surface area contributed by atoms with Crippen molar-refractivity contribution in [3.63, 3.8) is 0 Å². The van der Waals surface area contributed by atoms with Gasteiger partial charge >= 0.3 is 6.18 Å². The fraction of sp³-hybridized carbons (Fsp3) is 0.409. The van der Waals surface area contributed by atoms with Crippen molar-refractivity contribution >= 4 is 29.2 Å². The van der Waals surface area contributed by atoms with Crippen LogP contribution in [0.5, 0.6) is 5.75 Å². The number of anilines is 1. The van der Waals surface area contributed by atoms with Crippen LogP contribution in [-0.2, 0) is 15.8 Å². The number of rotatable bonds is 5. The molecule has 11 heteroatoms. The number of ether oxygens (including phenoxy) is 1. The highest BCUT2D eigenvalue weighted by Crippen LogP contribution is 2.34. The van der Waals surface area contributed by atoms with Gasteiger partial charge in [-0.1, -0.05) is 17.7 Å². The minimum Gasteiger partial charge on any atom is -0.484 e. The second-order valence-electron chi connectivity index (χ2n) is 7.86. The molecular formula is C22H24ClF3N4O3. The maximum atomic E-state index is 12.8. The molecule has 1 aromatic heterocycles. The summed E-state index contributed by atoms with van der Waals surface area (Å²) < 4.78 is 43.8. The number of nitrogens with zero attached hydrogens (tertiary/aromatic N) is 2. The van der Waals surface area contributed by atoms with Crippen LogP contribution >= 0.6 is 11.6 Å². The summed E-state index contributed by atoms with van der Waals surface area (Å²) in [5.74, 6) is -0.404. The number of piperidine rings is 1. The first kappa shape index (κ1) is 24.6. The number of aromatic nitrogens is 1. The van der Waals surface area contributed by atoms with Gasteiger partial charge in [0.05, 0.1) is 10.6 Å². The van der Waals surface area contributed by atoms with Crippen molar-refractivity contribution in [1.82, 2.24) is 15.8 Å². The van der Waals surface area contributed by atoms with Gasteiger partial charge in [0.25, 0.3) is 5.91 Å². The summed E-state index contributed by atoms with van der Waals surface area (Å²) in [6.07, 6.45) is -2.91. The Morgan fingerprint density at radius 2 is 1.85 bits per heavy atom. The van der Waals surface area contributed by atoms with E-state index in [4.69, 9.17) is 16.3 Å². The molecule has 0 spiro atoms. The fourth-order valence-electron chi connectivity index (χ4n) is 3.39. The maximum absolute atomic E-state index is 12.8. The SMILES string of the molecule is Cc1ccc(OCC(=O)NNC(=O)C2CCN(c3ncc(C(F)(F)F)cc3Cl)CC2)cc1C. The number of hydrazine groups is 1. The molecule has 33 heavy (non-hydrogen) atoms. The van der Waals surface area contributed by atoms with E-state index in [1.54, 1.807) is 11.0 Å². The summed E-state index contributed by atoms with van der Waals surface area (Å²) in [6.45, 7) is 4.44. The average molecular weight is 485 g/mol. The Balaban J connectivity index is 1.43. The predicted molar refractivity (Wildman–Crippen MR) is 117 cm³/mol. The Bertz CT molecular complexity index is 1020. The molecule has 1 aliphatic rings. The monoisotopic (exact) mass is 484 g/mol. The van der Waals surface area contributed by atoms with E-state index in [-0.39, 0.29) is 29.3 Å². The van der Waals surface area contributed by atoms with Gasteiger partial charge in [0.1, 0.15) is 11.6 Å². The number of alkyl halides is 3. The molecule has 0 atom stereocenters. The molecule has 1 saturated heterocycles. The molecule has 0 radical (unpaired) electrons. The van der Waals surface area contributed by atoms with Gasteiger partial charge in [-0.05, 0) is 56.0 Å². The van der Waals surface area contributed by atoms with E-state index in [2.05, 4.69) is 15.8 Å². The smallest absolute Gasteiger partial charge is 0.417 e. The van der Waals surface area contributed by atoms with E-state index in [1.165, 1.54) is 0 Å². The number of amides is 2. The van der Waals surface area contributed by atoms with Crippen molar-refractivity contribution in [2.45, 2.75) is 32.9 Å². The third-order valence-corrected chi connectivity index (χ3v) is 5.77. The summed E-state index contributed by atoms with van der Waals surface area (Å²) in [6, 6.07) is 6.33. The minimum absolute atomic E-state index is 0.0937. The lowest BCUT2D eigenvalue weighted by Crippen LogP contribution is -2.48. The van der Waals surface area contributed by atoms with E-state index in [9.17, 15) is 22.8 Å². The Kier molecular flexibility index (Phi) is 7.68. The van der Waals surface area contributed by atoms with Gasteiger partial charge in [0.2, 0.25) is 5.91 Å². The number of benzene rings is 1. The molecule has 2 heterocycles. The topological polar surface area (TPSA) is 83.6 Å². The largest absolute Gasteiger partial charge is 0.484 e. The Morgan fingerprint density at radius 3 is 2.45 bits per heavy atom. The number of nitrogens with one attached hydrogen (secondary N) is 2. The summed E-state index contributed by atoms with van der Waals surface area (Å²) in [5.41, 5.74) is 5.97. The number of carbonyl (C=O) groups excluding carboxylic acids is 2. The normalized spacial score (nSPS) is 14.7. The highest BCUT2D eigenvalue weighted by Gasteiger charge is 2.33. The van der Waals surface area contributed by atoms with Gasteiger partial charge in [-0.15, -0.1) is 0 Å². The molecule has 0 saturated carbocycles. The second-order valence-corrected chi connectivity index (χ2v) is 8.27. The Hall–Kier alpha value is -3.01. The number of hydrogen-bond donors (Lipinski definition) is 2. The van der Waals surface area contributed by atoms with E-state index < -0.39 is 17.6 Å². The number of carbonyl (C=O) groups is 2. The van der Waals surface area contributed by atoms with Crippen LogP contribution in [0.25, 0.3) is 0 Å². The maximum Gasteiger partial charge on any atom is 0.417 e. The Labute approximate surface area is 194 Å². The van der Waals surface area contributed by atoms with E-state index in [0.717, 1.165) is 23.4 Å². The molecular weight excluding hydrogens is 461 g/mol. The quantitative estimate of drug-likeness (QED) is 0.630. The van der Waals surface area contributed by atoms with Gasteiger partial charge < -0.3 is 9.64 Å². The van der Waals surface area contributed by atoms with Crippen molar-refractivity contribution in [3.8, 4) is 5.75 Å². The molecule has 1 aromatic carbocycles. The molecule has 3 rings (SSSR count). The fourth-order valence-corrected chi connectivity index (χ4v) is 3.68. The van der Waals surface area contributed by atoms with Gasteiger partial charge in [0, 0.05) is 25.2 Å². The van der Waals surface area contributed by atoms with E-state index in [0.29, 0.717) is 31.7 Å². The lowest BCUT2D eigenvalue weighted by atomic mass is 9.96. The average Bonchev–Trinajstić information content (AvgIpc) is 2.77. The first-order valence-electron chi connectivity index (χ1n) is 10.3. The predicted octanol–water partition coefficient (Wildman–Crippen LogP) is 3.81. The molecule has 0 aliphatic carbocycles. The molecule has 0 bridgehead atoms. The summed E-state index contributed by atoms with van der Waals surface area (Å²) in [4.78, 5) is 29.9. The van der Waals surface area contributed by atoms with Gasteiger partial charge in [-0.2, -0.15) is 13.2 Å². The van der Waals surface area contributed by atoms with Crippen LogP contribution in [-0.4, -0.2) is 36.5 Å². The minimum atomic E-state index is -4.52.